The molecule has 4 atom stereocenters. The second kappa shape index (κ2) is 4.71. The van der Waals surface area contributed by atoms with Crippen molar-refractivity contribution in [3.8, 4) is 11.5 Å². The summed E-state index contributed by atoms with van der Waals surface area (Å²) in [5, 5.41) is 20.1. The third kappa shape index (κ3) is 2.03. The van der Waals surface area contributed by atoms with Crippen LogP contribution in [-0.2, 0) is 11.2 Å². The summed E-state index contributed by atoms with van der Waals surface area (Å²) in [6.45, 7) is 6.13. The highest BCUT2D eigenvalue weighted by molar-refractivity contribution is 5.44. The summed E-state index contributed by atoms with van der Waals surface area (Å²) in [5.74, 6) is -1.08. The molecular weight excluding hydrogens is 272 g/mol. The summed E-state index contributed by atoms with van der Waals surface area (Å²) in [6.07, 6.45) is -0.117. The highest BCUT2D eigenvalue weighted by Crippen LogP contribution is 2.45. The van der Waals surface area contributed by atoms with Gasteiger partial charge < -0.3 is 19.7 Å². The summed E-state index contributed by atoms with van der Waals surface area (Å²) in [7, 11) is 0. The van der Waals surface area contributed by atoms with Gasteiger partial charge in [0.25, 0.3) is 0 Å². The van der Waals surface area contributed by atoms with Gasteiger partial charge >= 0.3 is 0 Å². The van der Waals surface area contributed by atoms with Gasteiger partial charge in [0.2, 0.25) is 11.2 Å². The van der Waals surface area contributed by atoms with Crippen LogP contribution in [0.5, 0.6) is 11.5 Å². The molecule has 1 spiro atoms. The van der Waals surface area contributed by atoms with Crippen LogP contribution in [0, 0.1) is 18.8 Å². The van der Waals surface area contributed by atoms with Gasteiger partial charge in [0, 0.05) is 17.9 Å². The lowest BCUT2D eigenvalue weighted by atomic mass is 9.83. The molecule has 2 heterocycles. The van der Waals surface area contributed by atoms with Crippen LogP contribution in [0.15, 0.2) is 16.9 Å². The number of rotatable bonds is 0. The summed E-state index contributed by atoms with van der Waals surface area (Å²) in [5.41, 5.74) is 1.18. The zero-order chi connectivity index (χ0) is 15.4. The number of aromatic hydroxyl groups is 1. The predicted molar refractivity (Wildman–Crippen MR) is 76.5 cm³/mol. The van der Waals surface area contributed by atoms with Gasteiger partial charge in [-0.3, -0.25) is 4.79 Å². The smallest absolute Gasteiger partial charge is 0.239 e. The maximum absolute atomic E-state index is 11.8. The van der Waals surface area contributed by atoms with Crippen LogP contribution in [0.25, 0.3) is 0 Å². The molecule has 0 bridgehead atoms. The lowest BCUT2D eigenvalue weighted by Gasteiger charge is -2.42. The molecule has 0 amide bonds. The van der Waals surface area contributed by atoms with Gasteiger partial charge in [-0.1, -0.05) is 13.8 Å². The third-order valence-electron chi connectivity index (χ3n) is 4.63. The highest BCUT2D eigenvalue weighted by atomic mass is 16.7. The van der Waals surface area contributed by atoms with Crippen LogP contribution >= 0.6 is 0 Å². The van der Waals surface area contributed by atoms with E-state index in [9.17, 15) is 15.0 Å². The maximum atomic E-state index is 11.8. The van der Waals surface area contributed by atoms with E-state index < -0.39 is 17.3 Å². The zero-order valence-corrected chi connectivity index (χ0v) is 12.4. The summed E-state index contributed by atoms with van der Waals surface area (Å²) in [4.78, 5) is 11.8. The topological polar surface area (TPSA) is 76.0 Å². The molecular formula is C16H20O5. The lowest BCUT2D eigenvalue weighted by molar-refractivity contribution is -0.231. The quantitative estimate of drug-likeness (QED) is 0.755. The Kier molecular flexibility index (Phi) is 3.22. The van der Waals surface area contributed by atoms with E-state index >= 15 is 0 Å². The van der Waals surface area contributed by atoms with Crippen LogP contribution in [0.1, 0.15) is 25.0 Å². The SMILES string of the molecule is Cc1cc(O)c(=O)cc2c1C[C@@H](C)[C@@]1(OC[C@@H](C)[C@@H]1O)O2. The number of ether oxygens (including phenoxy) is 2. The first-order valence-electron chi connectivity index (χ1n) is 7.23. The number of aryl methyl sites for hydroxylation is 1. The van der Waals surface area contributed by atoms with E-state index in [0.717, 1.165) is 11.1 Å². The summed E-state index contributed by atoms with van der Waals surface area (Å²) < 4.78 is 11.7. The molecule has 21 heavy (non-hydrogen) atoms. The molecule has 2 aliphatic rings. The number of aliphatic hydroxyl groups excluding tert-OH is 1. The Bertz CT molecular complexity index is 641. The van der Waals surface area contributed by atoms with Crippen molar-refractivity contribution in [1.82, 2.24) is 0 Å². The van der Waals surface area contributed by atoms with E-state index in [4.69, 9.17) is 9.47 Å². The van der Waals surface area contributed by atoms with Gasteiger partial charge in [-0.2, -0.15) is 0 Å². The van der Waals surface area contributed by atoms with Crippen LogP contribution in [0.2, 0.25) is 0 Å². The van der Waals surface area contributed by atoms with Crippen LogP contribution in [0.4, 0.5) is 0 Å². The Morgan fingerprint density at radius 3 is 2.67 bits per heavy atom. The molecule has 0 saturated carbocycles. The average Bonchev–Trinajstić information content (AvgIpc) is 2.66. The van der Waals surface area contributed by atoms with Crippen LogP contribution in [0.3, 0.4) is 0 Å². The Morgan fingerprint density at radius 2 is 2.05 bits per heavy atom. The molecule has 0 radical (unpaired) electrons. The van der Waals surface area contributed by atoms with E-state index in [1.54, 1.807) is 0 Å². The average molecular weight is 292 g/mol. The molecule has 2 N–H and O–H groups in total. The van der Waals surface area contributed by atoms with Crippen molar-refractivity contribution in [3.05, 3.63) is 33.5 Å². The Hall–Kier alpha value is -1.59. The first-order valence-corrected chi connectivity index (χ1v) is 7.23. The van der Waals surface area contributed by atoms with Crippen molar-refractivity contribution in [2.24, 2.45) is 11.8 Å². The standard InChI is InChI=1S/C16H20O5/c1-8-4-12(17)13(18)6-14-11(8)5-10(3)16(21-14)15(19)9(2)7-20-16/h4,6,9-10,15,19H,5,7H2,1-3H3,(H,17,18)/t9-,10-,15+,16-/m1/s1. The molecule has 2 aliphatic heterocycles. The molecule has 0 aliphatic carbocycles. The number of hydrogen-bond acceptors (Lipinski definition) is 5. The summed E-state index contributed by atoms with van der Waals surface area (Å²) >= 11 is 0. The van der Waals surface area contributed by atoms with Crippen molar-refractivity contribution < 1.29 is 19.7 Å². The molecule has 114 valence electrons. The molecule has 1 saturated heterocycles. The largest absolute Gasteiger partial charge is 0.504 e. The minimum Gasteiger partial charge on any atom is -0.504 e. The normalized spacial score (nSPS) is 34.6. The third-order valence-corrected chi connectivity index (χ3v) is 4.63. The maximum Gasteiger partial charge on any atom is 0.239 e. The summed E-state index contributed by atoms with van der Waals surface area (Å²) in [6, 6.07) is 2.74. The van der Waals surface area contributed by atoms with Crippen molar-refractivity contribution in [1.29, 1.82) is 0 Å². The molecule has 1 aromatic carbocycles. The molecule has 0 unspecified atom stereocenters. The van der Waals surface area contributed by atoms with Gasteiger partial charge in [-0.25, -0.2) is 0 Å². The monoisotopic (exact) mass is 292 g/mol. The van der Waals surface area contributed by atoms with E-state index in [0.29, 0.717) is 18.8 Å². The van der Waals surface area contributed by atoms with E-state index in [1.165, 1.54) is 12.1 Å². The molecule has 5 heteroatoms. The van der Waals surface area contributed by atoms with Gasteiger partial charge in [0.05, 0.1) is 6.61 Å². The van der Waals surface area contributed by atoms with E-state index in [-0.39, 0.29) is 17.6 Å². The van der Waals surface area contributed by atoms with Gasteiger partial charge in [-0.15, -0.1) is 0 Å². The zero-order valence-electron chi connectivity index (χ0n) is 12.4. The van der Waals surface area contributed by atoms with Gasteiger partial charge in [0.15, 0.2) is 5.75 Å². The van der Waals surface area contributed by atoms with E-state index in [1.807, 2.05) is 20.8 Å². The number of aliphatic hydroxyl groups is 1. The van der Waals surface area contributed by atoms with Crippen molar-refractivity contribution in [3.63, 3.8) is 0 Å². The Labute approximate surface area is 123 Å². The minimum absolute atomic E-state index is 0.0207. The Morgan fingerprint density at radius 1 is 1.33 bits per heavy atom. The fourth-order valence-corrected chi connectivity index (χ4v) is 3.27. The van der Waals surface area contributed by atoms with Crippen molar-refractivity contribution in [2.75, 3.05) is 6.61 Å². The fraction of sp³-hybridized carbons (Fsp3) is 0.562. The first kappa shape index (κ1) is 14.4. The van der Waals surface area contributed by atoms with Crippen LogP contribution in [-0.4, -0.2) is 28.7 Å². The molecule has 0 aromatic heterocycles. The second-order valence-electron chi connectivity index (χ2n) is 6.23. The molecule has 3 rings (SSSR count). The van der Waals surface area contributed by atoms with Crippen molar-refractivity contribution >= 4 is 0 Å². The fourth-order valence-electron chi connectivity index (χ4n) is 3.27. The van der Waals surface area contributed by atoms with Gasteiger partial charge in [0.1, 0.15) is 11.9 Å². The molecule has 1 fully saturated rings. The molecule has 5 nitrogen and oxygen atoms in total. The van der Waals surface area contributed by atoms with Crippen molar-refractivity contribution in [2.45, 2.75) is 39.1 Å². The lowest BCUT2D eigenvalue weighted by Crippen LogP contribution is -2.54. The number of hydrogen-bond donors (Lipinski definition) is 2. The van der Waals surface area contributed by atoms with Gasteiger partial charge in [-0.05, 0) is 30.5 Å². The number of fused-ring (bicyclic) bond motifs is 1. The highest BCUT2D eigenvalue weighted by Gasteiger charge is 2.55. The van der Waals surface area contributed by atoms with E-state index in [2.05, 4.69) is 0 Å². The Balaban J connectivity index is 2.14. The first-order chi connectivity index (χ1) is 9.85. The van der Waals surface area contributed by atoms with Crippen LogP contribution < -0.4 is 10.2 Å². The predicted octanol–water partition coefficient (Wildman–Crippen LogP) is 1.36. The minimum atomic E-state index is -1.10. The second-order valence-corrected chi connectivity index (χ2v) is 6.23. The molecule has 1 aromatic rings.